The second-order valence-electron chi connectivity index (χ2n) is 4.48. The van der Waals surface area contributed by atoms with Crippen LogP contribution in [0.15, 0.2) is 12.2 Å². The summed E-state index contributed by atoms with van der Waals surface area (Å²) < 4.78 is 39.2. The third kappa shape index (κ3) is 3.02. The Balaban J connectivity index is 2.47. The van der Waals surface area contributed by atoms with Crippen LogP contribution in [0.4, 0.5) is 13.2 Å². The van der Waals surface area contributed by atoms with E-state index in [0.717, 1.165) is 6.08 Å². The largest absolute Gasteiger partial charge is 0.481 e. The van der Waals surface area contributed by atoms with Gasteiger partial charge in [0.1, 0.15) is 0 Å². The lowest BCUT2D eigenvalue weighted by atomic mass is 10.1. The van der Waals surface area contributed by atoms with E-state index in [1.807, 2.05) is 0 Å². The lowest BCUT2D eigenvalue weighted by Crippen LogP contribution is -2.19. The normalized spacial score (nSPS) is 31.4. The van der Waals surface area contributed by atoms with Gasteiger partial charge < -0.3 is 9.84 Å². The molecule has 1 rings (SSSR count). The van der Waals surface area contributed by atoms with Gasteiger partial charge >= 0.3 is 18.1 Å². The summed E-state index contributed by atoms with van der Waals surface area (Å²) in [5.74, 6) is -2.65. The first-order valence-corrected chi connectivity index (χ1v) is 5.24. The Morgan fingerprint density at radius 2 is 2.00 bits per heavy atom. The highest BCUT2D eigenvalue weighted by atomic mass is 19.4. The van der Waals surface area contributed by atoms with E-state index in [9.17, 15) is 22.8 Å². The molecule has 102 valence electrons. The van der Waals surface area contributed by atoms with Gasteiger partial charge in [0.2, 0.25) is 0 Å². The second kappa shape index (κ2) is 4.62. The number of carbonyl (C=O) groups is 2. The van der Waals surface area contributed by atoms with Crippen LogP contribution in [-0.4, -0.2) is 29.8 Å². The van der Waals surface area contributed by atoms with Crippen molar-refractivity contribution in [3.63, 3.8) is 0 Å². The molecule has 0 aromatic rings. The Morgan fingerprint density at radius 3 is 2.39 bits per heavy atom. The molecule has 1 N–H and O–H groups in total. The number of carboxylic acid groups (broad SMARTS) is 1. The number of carbonyl (C=O) groups excluding carboxylic acids is 1. The monoisotopic (exact) mass is 266 g/mol. The Bertz CT molecular complexity index is 388. The highest BCUT2D eigenvalue weighted by molar-refractivity contribution is 5.83. The number of alkyl halides is 3. The van der Waals surface area contributed by atoms with Crippen LogP contribution >= 0.6 is 0 Å². The van der Waals surface area contributed by atoms with E-state index >= 15 is 0 Å². The molecule has 0 aromatic heterocycles. The molecule has 0 heterocycles. The Labute approximate surface area is 101 Å². The average molecular weight is 266 g/mol. The van der Waals surface area contributed by atoms with Crippen molar-refractivity contribution in [2.45, 2.75) is 20.0 Å². The number of halogens is 3. The van der Waals surface area contributed by atoms with Gasteiger partial charge in [0.15, 0.2) is 6.61 Å². The van der Waals surface area contributed by atoms with Crippen LogP contribution < -0.4 is 0 Å². The topological polar surface area (TPSA) is 63.6 Å². The van der Waals surface area contributed by atoms with Gasteiger partial charge in [-0.15, -0.1) is 0 Å². The average Bonchev–Trinajstić information content (AvgIpc) is 2.76. The molecule has 0 bridgehead atoms. The van der Waals surface area contributed by atoms with Crippen molar-refractivity contribution in [3.8, 4) is 0 Å². The first-order chi connectivity index (χ1) is 8.09. The van der Waals surface area contributed by atoms with E-state index in [2.05, 4.69) is 4.74 Å². The molecule has 0 amide bonds. The highest BCUT2D eigenvalue weighted by Gasteiger charge is 2.62. The van der Waals surface area contributed by atoms with Crippen LogP contribution in [0.3, 0.4) is 0 Å². The molecule has 1 saturated carbocycles. The zero-order chi connectivity index (χ0) is 14.1. The Kier molecular flexibility index (Phi) is 3.73. The standard InChI is InChI=1S/C11H13F3O4/c1-6-7(10(6,2)9(16)17)3-4-8(15)18-5-11(12,13)14/h3-4,6-7H,5H2,1-2H3,(H,16,17). The molecule has 3 unspecified atom stereocenters. The summed E-state index contributed by atoms with van der Waals surface area (Å²) in [4.78, 5) is 21.9. The number of esters is 1. The summed E-state index contributed by atoms with van der Waals surface area (Å²) in [5, 5.41) is 8.93. The molecular formula is C11H13F3O4. The van der Waals surface area contributed by atoms with Crippen LogP contribution in [-0.2, 0) is 14.3 Å². The molecule has 0 aromatic carbocycles. The molecule has 3 atom stereocenters. The number of ether oxygens (including phenoxy) is 1. The number of rotatable bonds is 4. The maximum atomic E-state index is 11.7. The van der Waals surface area contributed by atoms with Gasteiger partial charge in [-0.25, -0.2) is 4.79 Å². The van der Waals surface area contributed by atoms with Crippen LogP contribution in [0.25, 0.3) is 0 Å². The molecule has 1 aliphatic rings. The zero-order valence-electron chi connectivity index (χ0n) is 9.82. The molecule has 0 radical (unpaired) electrons. The zero-order valence-corrected chi connectivity index (χ0v) is 9.82. The van der Waals surface area contributed by atoms with Crippen LogP contribution in [0.1, 0.15) is 13.8 Å². The van der Waals surface area contributed by atoms with Gasteiger partial charge in [-0.1, -0.05) is 13.0 Å². The van der Waals surface area contributed by atoms with Crippen LogP contribution in [0, 0.1) is 17.3 Å². The van der Waals surface area contributed by atoms with Crippen molar-refractivity contribution in [1.29, 1.82) is 0 Å². The fourth-order valence-electron chi connectivity index (χ4n) is 1.85. The van der Waals surface area contributed by atoms with E-state index in [1.165, 1.54) is 13.0 Å². The maximum Gasteiger partial charge on any atom is 0.422 e. The number of allylic oxidation sites excluding steroid dienone is 1. The van der Waals surface area contributed by atoms with Gasteiger partial charge in [0, 0.05) is 6.08 Å². The molecule has 0 spiro atoms. The van der Waals surface area contributed by atoms with E-state index in [4.69, 9.17) is 5.11 Å². The summed E-state index contributed by atoms with van der Waals surface area (Å²) in [7, 11) is 0. The van der Waals surface area contributed by atoms with Crippen molar-refractivity contribution in [1.82, 2.24) is 0 Å². The Morgan fingerprint density at radius 1 is 1.44 bits per heavy atom. The van der Waals surface area contributed by atoms with Crippen molar-refractivity contribution in [3.05, 3.63) is 12.2 Å². The highest BCUT2D eigenvalue weighted by Crippen LogP contribution is 2.59. The third-order valence-electron chi connectivity index (χ3n) is 3.35. The molecule has 1 fully saturated rings. The second-order valence-corrected chi connectivity index (χ2v) is 4.48. The number of aliphatic carboxylic acids is 1. The van der Waals surface area contributed by atoms with Crippen molar-refractivity contribution in [2.75, 3.05) is 6.61 Å². The molecular weight excluding hydrogens is 253 g/mol. The predicted octanol–water partition coefficient (Wildman–Crippen LogP) is 2.00. The lowest BCUT2D eigenvalue weighted by molar-refractivity contribution is -0.182. The SMILES string of the molecule is CC1C(C=CC(=O)OCC(F)(F)F)C1(C)C(=O)O. The van der Waals surface area contributed by atoms with Gasteiger partial charge in [0.05, 0.1) is 5.41 Å². The minimum Gasteiger partial charge on any atom is -0.481 e. The summed E-state index contributed by atoms with van der Waals surface area (Å²) in [6.07, 6.45) is -2.43. The number of carboxylic acids is 1. The minimum absolute atomic E-state index is 0.165. The maximum absolute atomic E-state index is 11.7. The van der Waals surface area contributed by atoms with Gasteiger partial charge in [-0.3, -0.25) is 4.79 Å². The van der Waals surface area contributed by atoms with Gasteiger partial charge in [-0.2, -0.15) is 13.2 Å². The quantitative estimate of drug-likeness (QED) is 0.624. The van der Waals surface area contributed by atoms with Gasteiger partial charge in [-0.05, 0) is 18.8 Å². The fraction of sp³-hybridized carbons (Fsp3) is 0.636. The first-order valence-electron chi connectivity index (χ1n) is 5.24. The Hall–Kier alpha value is -1.53. The summed E-state index contributed by atoms with van der Waals surface area (Å²) >= 11 is 0. The van der Waals surface area contributed by atoms with Crippen molar-refractivity contribution in [2.24, 2.45) is 17.3 Å². The fourth-order valence-corrected chi connectivity index (χ4v) is 1.85. The van der Waals surface area contributed by atoms with Crippen LogP contribution in [0.5, 0.6) is 0 Å². The predicted molar refractivity (Wildman–Crippen MR) is 54.6 cm³/mol. The molecule has 18 heavy (non-hydrogen) atoms. The van der Waals surface area contributed by atoms with E-state index in [0.29, 0.717) is 0 Å². The lowest BCUT2D eigenvalue weighted by Gasteiger charge is -2.05. The summed E-state index contributed by atoms with van der Waals surface area (Å²) in [5.41, 5.74) is -0.958. The molecule has 0 saturated heterocycles. The molecule has 0 aliphatic heterocycles. The third-order valence-corrected chi connectivity index (χ3v) is 3.35. The number of hydrogen-bond acceptors (Lipinski definition) is 3. The molecule has 1 aliphatic carbocycles. The molecule has 4 nitrogen and oxygen atoms in total. The molecule has 7 heteroatoms. The van der Waals surface area contributed by atoms with Crippen molar-refractivity contribution < 1.29 is 32.6 Å². The smallest absolute Gasteiger partial charge is 0.422 e. The summed E-state index contributed by atoms with van der Waals surface area (Å²) in [6, 6.07) is 0. The van der Waals surface area contributed by atoms with E-state index < -0.39 is 30.1 Å². The van der Waals surface area contributed by atoms with E-state index in [-0.39, 0.29) is 11.8 Å². The van der Waals surface area contributed by atoms with Crippen LogP contribution in [0.2, 0.25) is 0 Å². The van der Waals surface area contributed by atoms with E-state index in [1.54, 1.807) is 6.92 Å². The minimum atomic E-state index is -4.56. The van der Waals surface area contributed by atoms with Gasteiger partial charge in [0.25, 0.3) is 0 Å². The van der Waals surface area contributed by atoms with Crippen molar-refractivity contribution >= 4 is 11.9 Å². The first kappa shape index (κ1) is 14.5. The summed E-state index contributed by atoms with van der Waals surface area (Å²) in [6.45, 7) is 1.58. The number of hydrogen-bond donors (Lipinski definition) is 1.